The molecule has 1 aromatic rings. The van der Waals surface area contributed by atoms with Gasteiger partial charge in [-0.2, -0.15) is 0 Å². The molecule has 3 heteroatoms. The van der Waals surface area contributed by atoms with Gasteiger partial charge in [0.1, 0.15) is 18.5 Å². The molecule has 0 saturated carbocycles. The van der Waals surface area contributed by atoms with Crippen LogP contribution in [0.5, 0.6) is 5.75 Å². The van der Waals surface area contributed by atoms with Gasteiger partial charge in [-0.3, -0.25) is 0 Å². The molecule has 1 N–H and O–H groups in total. The first-order chi connectivity index (χ1) is 10.5. The number of hydrogen-bond acceptors (Lipinski definition) is 3. The first-order valence-electron chi connectivity index (χ1n) is 8.59. The molecule has 22 heavy (non-hydrogen) atoms. The number of ether oxygens (including phenoxy) is 1. The molecule has 1 aliphatic heterocycles. The predicted octanol–water partition coefficient (Wildman–Crippen LogP) is 3.59. The molecule has 0 amide bonds. The molecule has 1 saturated heterocycles. The van der Waals surface area contributed by atoms with Crippen molar-refractivity contribution in [3.63, 3.8) is 0 Å². The summed E-state index contributed by atoms with van der Waals surface area (Å²) in [6.07, 6.45) is 2.06. The summed E-state index contributed by atoms with van der Waals surface area (Å²) in [6.45, 7) is 12.0. The Balaban J connectivity index is 1.85. The second-order valence-electron chi connectivity index (χ2n) is 7.14. The second kappa shape index (κ2) is 7.98. The Kier molecular flexibility index (Phi) is 6.27. The monoisotopic (exact) mass is 305 g/mol. The van der Waals surface area contributed by atoms with Crippen molar-refractivity contribution >= 4 is 0 Å². The van der Waals surface area contributed by atoms with Crippen LogP contribution in [-0.4, -0.2) is 42.4 Å². The minimum atomic E-state index is -0.422. The number of nitrogens with zero attached hydrogens (tertiary/aromatic N) is 1. The standard InChI is InChI=1S/C19H31NO2/c1-14(2)18-6-5-16(4)11-19(18)22-13-17(21)12-20-9-7-15(3)8-10-20/h5-6,11,14-15,17,21H,7-10,12-13H2,1-4H3/t17-/m0/s1. The molecular formula is C19H31NO2. The Morgan fingerprint density at radius 3 is 2.59 bits per heavy atom. The van der Waals surface area contributed by atoms with Gasteiger partial charge in [0.2, 0.25) is 0 Å². The molecule has 0 aliphatic carbocycles. The fraction of sp³-hybridized carbons (Fsp3) is 0.684. The summed E-state index contributed by atoms with van der Waals surface area (Å²) in [4.78, 5) is 2.35. The van der Waals surface area contributed by atoms with Gasteiger partial charge in [0, 0.05) is 6.54 Å². The number of rotatable bonds is 6. The van der Waals surface area contributed by atoms with Gasteiger partial charge in [-0.1, -0.05) is 32.9 Å². The third kappa shape index (κ3) is 4.99. The molecule has 1 fully saturated rings. The number of aliphatic hydroxyl groups excluding tert-OH is 1. The van der Waals surface area contributed by atoms with Crippen LogP contribution in [0.1, 0.15) is 50.7 Å². The summed E-state index contributed by atoms with van der Waals surface area (Å²) in [5.74, 6) is 2.17. The first-order valence-corrected chi connectivity index (χ1v) is 8.59. The van der Waals surface area contributed by atoms with Crippen LogP contribution >= 0.6 is 0 Å². The summed E-state index contributed by atoms with van der Waals surface area (Å²) < 4.78 is 5.93. The van der Waals surface area contributed by atoms with Crippen molar-refractivity contribution in [2.75, 3.05) is 26.2 Å². The van der Waals surface area contributed by atoms with Crippen molar-refractivity contribution in [1.29, 1.82) is 0 Å². The lowest BCUT2D eigenvalue weighted by Gasteiger charge is -2.31. The third-order valence-electron chi connectivity index (χ3n) is 4.57. The lowest BCUT2D eigenvalue weighted by molar-refractivity contribution is 0.0559. The van der Waals surface area contributed by atoms with Crippen LogP contribution < -0.4 is 4.74 Å². The van der Waals surface area contributed by atoms with E-state index in [9.17, 15) is 5.11 Å². The number of benzene rings is 1. The summed E-state index contributed by atoms with van der Waals surface area (Å²) in [7, 11) is 0. The number of hydrogen-bond donors (Lipinski definition) is 1. The molecule has 0 bridgehead atoms. The van der Waals surface area contributed by atoms with Crippen LogP contribution in [0, 0.1) is 12.8 Å². The quantitative estimate of drug-likeness (QED) is 0.872. The van der Waals surface area contributed by atoms with Crippen molar-refractivity contribution in [2.24, 2.45) is 5.92 Å². The van der Waals surface area contributed by atoms with Gasteiger partial charge < -0.3 is 14.7 Å². The van der Waals surface area contributed by atoms with Crippen molar-refractivity contribution < 1.29 is 9.84 Å². The lowest BCUT2D eigenvalue weighted by Crippen LogP contribution is -2.40. The van der Waals surface area contributed by atoms with E-state index in [1.54, 1.807) is 0 Å². The van der Waals surface area contributed by atoms with Gasteiger partial charge in [-0.25, -0.2) is 0 Å². The molecule has 0 spiro atoms. The van der Waals surface area contributed by atoms with Crippen LogP contribution in [0.15, 0.2) is 18.2 Å². The zero-order valence-corrected chi connectivity index (χ0v) is 14.5. The number of likely N-dealkylation sites (tertiary alicyclic amines) is 1. The molecule has 1 heterocycles. The van der Waals surface area contributed by atoms with Gasteiger partial charge in [-0.15, -0.1) is 0 Å². The molecule has 2 rings (SSSR count). The Morgan fingerprint density at radius 2 is 1.95 bits per heavy atom. The van der Waals surface area contributed by atoms with E-state index in [0.29, 0.717) is 12.5 Å². The first kappa shape index (κ1) is 17.3. The molecule has 3 nitrogen and oxygen atoms in total. The Bertz CT molecular complexity index is 465. The van der Waals surface area contributed by atoms with Crippen LogP contribution in [0.25, 0.3) is 0 Å². The number of piperidine rings is 1. The molecule has 124 valence electrons. The topological polar surface area (TPSA) is 32.7 Å². The smallest absolute Gasteiger partial charge is 0.123 e. The molecule has 1 atom stereocenters. The van der Waals surface area contributed by atoms with Gasteiger partial charge in [-0.05, 0) is 61.9 Å². The van der Waals surface area contributed by atoms with E-state index < -0.39 is 6.10 Å². The van der Waals surface area contributed by atoms with Crippen molar-refractivity contribution in [3.8, 4) is 5.75 Å². The third-order valence-corrected chi connectivity index (χ3v) is 4.57. The summed E-state index contributed by atoms with van der Waals surface area (Å²) in [5, 5.41) is 10.3. The zero-order chi connectivity index (χ0) is 16.1. The fourth-order valence-corrected chi connectivity index (χ4v) is 3.02. The highest BCUT2D eigenvalue weighted by Crippen LogP contribution is 2.27. The highest BCUT2D eigenvalue weighted by molar-refractivity contribution is 5.39. The number of aryl methyl sites for hydroxylation is 1. The molecule has 1 aliphatic rings. The van der Waals surface area contributed by atoms with Gasteiger partial charge in [0.25, 0.3) is 0 Å². The van der Waals surface area contributed by atoms with E-state index in [0.717, 1.165) is 31.3 Å². The maximum absolute atomic E-state index is 10.3. The molecule has 0 aromatic heterocycles. The maximum Gasteiger partial charge on any atom is 0.123 e. The van der Waals surface area contributed by atoms with E-state index in [-0.39, 0.29) is 0 Å². The Labute approximate surface area is 135 Å². The number of β-amino-alcohol motifs (C(OH)–C–C–N with tert-alkyl or cyclic N) is 1. The normalized spacial score (nSPS) is 18.6. The van der Waals surface area contributed by atoms with E-state index in [1.807, 2.05) is 0 Å². The average Bonchev–Trinajstić information content (AvgIpc) is 2.47. The summed E-state index contributed by atoms with van der Waals surface area (Å²) >= 11 is 0. The van der Waals surface area contributed by atoms with Crippen LogP contribution in [0.3, 0.4) is 0 Å². The molecule has 1 aromatic carbocycles. The van der Waals surface area contributed by atoms with E-state index in [2.05, 4.69) is 50.8 Å². The minimum Gasteiger partial charge on any atom is -0.491 e. The highest BCUT2D eigenvalue weighted by Gasteiger charge is 2.19. The maximum atomic E-state index is 10.3. The fourth-order valence-electron chi connectivity index (χ4n) is 3.02. The van der Waals surface area contributed by atoms with Gasteiger partial charge in [0.15, 0.2) is 0 Å². The SMILES string of the molecule is Cc1ccc(C(C)C)c(OC[C@@H](O)CN2CCC(C)CC2)c1. The molecular weight excluding hydrogens is 274 g/mol. The van der Waals surface area contributed by atoms with Crippen molar-refractivity contribution in [2.45, 2.75) is 52.6 Å². The van der Waals surface area contributed by atoms with Crippen LogP contribution in [-0.2, 0) is 0 Å². The number of aliphatic hydroxyl groups is 1. The van der Waals surface area contributed by atoms with E-state index in [4.69, 9.17) is 4.74 Å². The Morgan fingerprint density at radius 1 is 1.27 bits per heavy atom. The van der Waals surface area contributed by atoms with E-state index >= 15 is 0 Å². The van der Waals surface area contributed by atoms with E-state index in [1.165, 1.54) is 24.0 Å². The average molecular weight is 305 g/mol. The van der Waals surface area contributed by atoms with Crippen molar-refractivity contribution in [1.82, 2.24) is 4.90 Å². The van der Waals surface area contributed by atoms with Crippen LogP contribution in [0.2, 0.25) is 0 Å². The van der Waals surface area contributed by atoms with Gasteiger partial charge >= 0.3 is 0 Å². The lowest BCUT2D eigenvalue weighted by atomic mass is 9.99. The summed E-state index contributed by atoms with van der Waals surface area (Å²) in [5.41, 5.74) is 2.41. The highest BCUT2D eigenvalue weighted by atomic mass is 16.5. The largest absolute Gasteiger partial charge is 0.491 e. The zero-order valence-electron chi connectivity index (χ0n) is 14.5. The van der Waals surface area contributed by atoms with Crippen LogP contribution in [0.4, 0.5) is 0 Å². The molecule has 0 radical (unpaired) electrons. The van der Waals surface area contributed by atoms with Gasteiger partial charge in [0.05, 0.1) is 0 Å². The Hall–Kier alpha value is -1.06. The minimum absolute atomic E-state index is 0.370. The summed E-state index contributed by atoms with van der Waals surface area (Å²) in [6, 6.07) is 6.33. The second-order valence-corrected chi connectivity index (χ2v) is 7.14. The molecule has 0 unspecified atom stereocenters. The van der Waals surface area contributed by atoms with Crippen molar-refractivity contribution in [3.05, 3.63) is 29.3 Å². The predicted molar refractivity (Wildman–Crippen MR) is 91.6 cm³/mol.